The molecule has 1 amide bonds. The second-order valence-electron chi connectivity index (χ2n) is 8.79. The molecule has 1 atom stereocenters. The Morgan fingerprint density at radius 1 is 0.909 bits per heavy atom. The lowest BCUT2D eigenvalue weighted by atomic mass is 9.96. The highest BCUT2D eigenvalue weighted by atomic mass is 35.5. The molecule has 2 N–H and O–H groups in total. The number of piperazine rings is 1. The number of fused-ring (bicyclic) bond motifs is 1. The minimum atomic E-state index is 0.243. The number of aromatic amines is 1. The fourth-order valence-corrected chi connectivity index (χ4v) is 5.16. The molecule has 1 fully saturated rings. The number of hydrogen-bond donors (Lipinski definition) is 2. The summed E-state index contributed by atoms with van der Waals surface area (Å²) in [6.07, 6.45) is 3.36. The number of aromatic nitrogens is 1. The van der Waals surface area contributed by atoms with Crippen LogP contribution in [0.2, 0.25) is 5.02 Å². The molecule has 1 aromatic heterocycles. The van der Waals surface area contributed by atoms with Crippen LogP contribution in [-0.2, 0) is 11.2 Å². The summed E-state index contributed by atoms with van der Waals surface area (Å²) in [5.41, 5.74) is 4.91. The second-order valence-corrected chi connectivity index (χ2v) is 9.23. The van der Waals surface area contributed by atoms with Gasteiger partial charge < -0.3 is 14.8 Å². The first kappa shape index (κ1) is 21.7. The zero-order valence-corrected chi connectivity index (χ0v) is 19.4. The quantitative estimate of drug-likeness (QED) is 0.445. The average Bonchev–Trinajstić information content (AvgIpc) is 3.28. The lowest BCUT2D eigenvalue weighted by Gasteiger charge is -2.37. The van der Waals surface area contributed by atoms with E-state index < -0.39 is 0 Å². The van der Waals surface area contributed by atoms with E-state index in [1.54, 1.807) is 0 Å². The summed E-state index contributed by atoms with van der Waals surface area (Å²) < 4.78 is 0. The molecule has 3 aromatic carbocycles. The van der Waals surface area contributed by atoms with E-state index in [0.717, 1.165) is 43.1 Å². The molecule has 0 bridgehead atoms. The van der Waals surface area contributed by atoms with Crippen molar-refractivity contribution in [3.05, 3.63) is 107 Å². The third-order valence-corrected chi connectivity index (χ3v) is 7.04. The Balaban J connectivity index is 1.24. The number of para-hydroxylation sites is 1. The number of carbonyl (C=O) groups excluding carboxylic acids is 1. The normalized spacial score (nSPS) is 15.6. The Labute approximate surface area is 199 Å². The number of quaternary nitrogens is 1. The number of rotatable bonds is 6. The number of carbonyl (C=O) groups is 1. The van der Waals surface area contributed by atoms with E-state index in [4.69, 9.17) is 11.6 Å². The van der Waals surface area contributed by atoms with E-state index in [2.05, 4.69) is 59.6 Å². The van der Waals surface area contributed by atoms with E-state index in [-0.39, 0.29) is 11.9 Å². The molecular formula is C28H29ClN3O+. The van der Waals surface area contributed by atoms with Gasteiger partial charge in [-0.15, -0.1) is 0 Å². The third-order valence-electron chi connectivity index (χ3n) is 6.79. The van der Waals surface area contributed by atoms with Crippen LogP contribution in [-0.4, -0.2) is 42.0 Å². The van der Waals surface area contributed by atoms with Crippen molar-refractivity contribution in [2.45, 2.75) is 18.9 Å². The summed E-state index contributed by atoms with van der Waals surface area (Å²) in [6, 6.07) is 27.4. The molecule has 168 valence electrons. The Hall–Kier alpha value is -3.08. The lowest BCUT2D eigenvalue weighted by Crippen LogP contribution is -3.15. The Kier molecular flexibility index (Phi) is 6.47. The number of amides is 1. The molecule has 0 unspecified atom stereocenters. The SMILES string of the molecule is O=C(CCc1c[nH]c2ccccc12)N1CC[NH+]([C@H](c2ccccc2)c2ccc(Cl)cc2)CC1. The van der Waals surface area contributed by atoms with Gasteiger partial charge in [0, 0.05) is 39.7 Å². The largest absolute Gasteiger partial charge is 0.361 e. The number of aryl methyl sites for hydroxylation is 1. The lowest BCUT2D eigenvalue weighted by molar-refractivity contribution is -0.929. The predicted molar refractivity (Wildman–Crippen MR) is 134 cm³/mol. The number of benzene rings is 3. The van der Waals surface area contributed by atoms with Gasteiger partial charge in [0.15, 0.2) is 0 Å². The first-order valence-corrected chi connectivity index (χ1v) is 12.0. The Morgan fingerprint density at radius 2 is 1.58 bits per heavy atom. The van der Waals surface area contributed by atoms with E-state index in [0.29, 0.717) is 6.42 Å². The van der Waals surface area contributed by atoms with Crippen LogP contribution in [0.15, 0.2) is 85.1 Å². The molecule has 0 spiro atoms. The van der Waals surface area contributed by atoms with Crippen LogP contribution >= 0.6 is 11.6 Å². The number of hydrogen-bond acceptors (Lipinski definition) is 1. The van der Waals surface area contributed by atoms with Gasteiger partial charge in [0.2, 0.25) is 5.91 Å². The molecule has 0 radical (unpaired) electrons. The number of nitrogens with zero attached hydrogens (tertiary/aromatic N) is 1. The highest BCUT2D eigenvalue weighted by Gasteiger charge is 2.31. The summed E-state index contributed by atoms with van der Waals surface area (Å²) in [6.45, 7) is 3.44. The number of nitrogens with one attached hydrogen (secondary N) is 2. The molecular weight excluding hydrogens is 430 g/mol. The summed E-state index contributed by atoms with van der Waals surface area (Å²) in [7, 11) is 0. The third kappa shape index (κ3) is 4.82. The molecule has 5 heteroatoms. The van der Waals surface area contributed by atoms with Crippen LogP contribution in [0.3, 0.4) is 0 Å². The molecule has 2 heterocycles. The maximum Gasteiger partial charge on any atom is 0.223 e. The molecule has 5 rings (SSSR count). The van der Waals surface area contributed by atoms with Gasteiger partial charge in [-0.3, -0.25) is 4.79 Å². The smallest absolute Gasteiger partial charge is 0.223 e. The van der Waals surface area contributed by atoms with Crippen LogP contribution in [0.5, 0.6) is 0 Å². The molecule has 0 aliphatic carbocycles. The summed E-state index contributed by atoms with van der Waals surface area (Å²) in [4.78, 5) is 19.8. The molecule has 4 aromatic rings. The summed E-state index contributed by atoms with van der Waals surface area (Å²) >= 11 is 6.15. The first-order chi connectivity index (χ1) is 16.2. The number of halogens is 1. The Morgan fingerprint density at radius 3 is 2.33 bits per heavy atom. The van der Waals surface area contributed by atoms with Gasteiger partial charge in [-0.2, -0.15) is 0 Å². The second kappa shape index (κ2) is 9.82. The highest BCUT2D eigenvalue weighted by molar-refractivity contribution is 6.30. The van der Waals surface area contributed by atoms with Crippen LogP contribution in [0.1, 0.15) is 29.2 Å². The van der Waals surface area contributed by atoms with Gasteiger partial charge in [0.25, 0.3) is 0 Å². The molecule has 33 heavy (non-hydrogen) atoms. The van der Waals surface area contributed by atoms with Gasteiger partial charge >= 0.3 is 0 Å². The van der Waals surface area contributed by atoms with Crippen molar-refractivity contribution in [3.63, 3.8) is 0 Å². The highest BCUT2D eigenvalue weighted by Crippen LogP contribution is 2.22. The minimum Gasteiger partial charge on any atom is -0.361 e. The van der Waals surface area contributed by atoms with Gasteiger partial charge in [-0.25, -0.2) is 0 Å². The fraction of sp³-hybridized carbons (Fsp3) is 0.250. The first-order valence-electron chi connectivity index (χ1n) is 11.7. The predicted octanol–water partition coefficient (Wildman–Crippen LogP) is 4.27. The average molecular weight is 459 g/mol. The van der Waals surface area contributed by atoms with E-state index in [1.807, 2.05) is 35.4 Å². The summed E-state index contributed by atoms with van der Waals surface area (Å²) in [5, 5.41) is 1.97. The van der Waals surface area contributed by atoms with E-state index in [1.165, 1.54) is 27.0 Å². The minimum absolute atomic E-state index is 0.243. The summed E-state index contributed by atoms with van der Waals surface area (Å²) in [5.74, 6) is 0.252. The Bertz CT molecular complexity index is 1210. The van der Waals surface area contributed by atoms with Gasteiger partial charge in [-0.1, -0.05) is 72.3 Å². The number of H-pyrrole nitrogens is 1. The van der Waals surface area contributed by atoms with Crippen LogP contribution in [0.4, 0.5) is 0 Å². The molecule has 0 saturated carbocycles. The van der Waals surface area contributed by atoms with Crippen molar-refractivity contribution >= 4 is 28.4 Å². The van der Waals surface area contributed by atoms with E-state index in [9.17, 15) is 4.79 Å². The zero-order chi connectivity index (χ0) is 22.6. The van der Waals surface area contributed by atoms with E-state index >= 15 is 0 Å². The monoisotopic (exact) mass is 458 g/mol. The van der Waals surface area contributed by atoms with Crippen molar-refractivity contribution in [3.8, 4) is 0 Å². The molecule has 4 nitrogen and oxygen atoms in total. The maximum atomic E-state index is 13.0. The van der Waals surface area contributed by atoms with Crippen molar-refractivity contribution in [2.75, 3.05) is 26.2 Å². The molecule has 1 aliphatic heterocycles. The topological polar surface area (TPSA) is 40.5 Å². The van der Waals surface area contributed by atoms with Gasteiger partial charge in [0.05, 0.1) is 26.2 Å². The van der Waals surface area contributed by atoms with Crippen molar-refractivity contribution < 1.29 is 9.69 Å². The van der Waals surface area contributed by atoms with Gasteiger partial charge in [0.1, 0.15) is 6.04 Å². The molecule has 1 saturated heterocycles. The fourth-order valence-electron chi connectivity index (χ4n) is 5.03. The molecule has 1 aliphatic rings. The van der Waals surface area contributed by atoms with Crippen molar-refractivity contribution in [1.29, 1.82) is 0 Å². The van der Waals surface area contributed by atoms with Crippen molar-refractivity contribution in [2.24, 2.45) is 0 Å². The van der Waals surface area contributed by atoms with Gasteiger partial charge in [-0.05, 0) is 30.2 Å². The maximum absolute atomic E-state index is 13.0. The van der Waals surface area contributed by atoms with Crippen LogP contribution in [0.25, 0.3) is 10.9 Å². The van der Waals surface area contributed by atoms with Crippen LogP contribution in [0, 0.1) is 0 Å². The van der Waals surface area contributed by atoms with Crippen molar-refractivity contribution in [1.82, 2.24) is 9.88 Å². The standard InChI is InChI=1S/C28H28ClN3O/c29-24-13-10-22(11-14-24)28(21-6-2-1-3-7-21)32-18-16-31(17-19-32)27(33)15-12-23-20-30-26-9-5-4-8-25(23)26/h1-11,13-14,20,28,30H,12,15-19H2/p+1/t28-/m1/s1. The zero-order valence-electron chi connectivity index (χ0n) is 18.6. The van der Waals surface area contributed by atoms with Crippen LogP contribution < -0.4 is 4.90 Å².